The van der Waals surface area contributed by atoms with E-state index in [1.807, 2.05) is 25.3 Å². The van der Waals surface area contributed by atoms with Crippen LogP contribution in [0.4, 0.5) is 0 Å². The third kappa shape index (κ3) is 1.49. The van der Waals surface area contributed by atoms with Gasteiger partial charge in [0.05, 0.1) is 6.54 Å². The monoisotopic (exact) mass is 140 g/mol. The van der Waals surface area contributed by atoms with Crippen molar-refractivity contribution in [1.82, 2.24) is 4.90 Å². The van der Waals surface area contributed by atoms with Crippen molar-refractivity contribution in [2.45, 2.75) is 26.7 Å². The van der Waals surface area contributed by atoms with E-state index in [4.69, 9.17) is 0 Å². The van der Waals surface area contributed by atoms with Gasteiger partial charge in [0.25, 0.3) is 0 Å². The molecule has 10 heavy (non-hydrogen) atoms. The first-order valence-electron chi connectivity index (χ1n) is 3.85. The van der Waals surface area contributed by atoms with E-state index in [1.54, 1.807) is 0 Å². The van der Waals surface area contributed by atoms with Gasteiger partial charge in [0.15, 0.2) is 0 Å². The molecule has 0 spiro atoms. The van der Waals surface area contributed by atoms with Gasteiger partial charge in [-0.05, 0) is 12.8 Å². The predicted octanol–water partition coefficient (Wildman–Crippen LogP) is 1.43. The molecule has 0 atom stereocenters. The van der Waals surface area contributed by atoms with Gasteiger partial charge in [0, 0.05) is 12.5 Å². The van der Waals surface area contributed by atoms with Gasteiger partial charge in [-0.1, -0.05) is 13.8 Å². The SMILES string of the molecule is CC(C)C(=O)N1[CH]CCC1. The van der Waals surface area contributed by atoms with Crippen LogP contribution >= 0.6 is 0 Å². The van der Waals surface area contributed by atoms with E-state index in [0.29, 0.717) is 0 Å². The van der Waals surface area contributed by atoms with Gasteiger partial charge in [-0.3, -0.25) is 4.79 Å². The Balaban J connectivity index is 2.40. The van der Waals surface area contributed by atoms with Crippen LogP contribution in [-0.2, 0) is 4.79 Å². The van der Waals surface area contributed by atoms with E-state index in [1.165, 1.54) is 0 Å². The van der Waals surface area contributed by atoms with Crippen LogP contribution in [-0.4, -0.2) is 17.4 Å². The van der Waals surface area contributed by atoms with Crippen molar-refractivity contribution < 1.29 is 4.79 Å². The fourth-order valence-electron chi connectivity index (χ4n) is 1.13. The zero-order valence-corrected chi connectivity index (χ0v) is 6.63. The van der Waals surface area contributed by atoms with Gasteiger partial charge in [0.1, 0.15) is 0 Å². The number of carbonyl (C=O) groups is 1. The van der Waals surface area contributed by atoms with Gasteiger partial charge < -0.3 is 4.90 Å². The van der Waals surface area contributed by atoms with Crippen molar-refractivity contribution in [3.05, 3.63) is 6.54 Å². The molecule has 57 valence electrons. The van der Waals surface area contributed by atoms with Crippen LogP contribution in [0.5, 0.6) is 0 Å². The number of carbonyl (C=O) groups excluding carboxylic acids is 1. The summed E-state index contributed by atoms with van der Waals surface area (Å²) >= 11 is 0. The third-order valence-electron chi connectivity index (χ3n) is 1.73. The van der Waals surface area contributed by atoms with E-state index < -0.39 is 0 Å². The molecule has 1 radical (unpaired) electrons. The number of hydrogen-bond donors (Lipinski definition) is 0. The zero-order chi connectivity index (χ0) is 7.56. The summed E-state index contributed by atoms with van der Waals surface area (Å²) in [4.78, 5) is 13.1. The smallest absolute Gasteiger partial charge is 0.225 e. The Hall–Kier alpha value is -0.530. The lowest BCUT2D eigenvalue weighted by Gasteiger charge is -2.16. The maximum Gasteiger partial charge on any atom is 0.225 e. The zero-order valence-electron chi connectivity index (χ0n) is 6.63. The molecule has 0 bridgehead atoms. The Morgan fingerprint density at radius 2 is 2.30 bits per heavy atom. The summed E-state index contributed by atoms with van der Waals surface area (Å²) in [7, 11) is 0. The highest BCUT2D eigenvalue weighted by atomic mass is 16.2. The van der Waals surface area contributed by atoms with Crippen molar-refractivity contribution >= 4 is 5.91 Å². The predicted molar refractivity (Wildman–Crippen MR) is 40.1 cm³/mol. The van der Waals surface area contributed by atoms with E-state index >= 15 is 0 Å². The number of hydrogen-bond acceptors (Lipinski definition) is 1. The highest BCUT2D eigenvalue weighted by molar-refractivity contribution is 5.78. The van der Waals surface area contributed by atoms with E-state index in [-0.39, 0.29) is 11.8 Å². The molecule has 1 rings (SSSR count). The number of likely N-dealkylation sites (tertiary alicyclic amines) is 1. The lowest BCUT2D eigenvalue weighted by Crippen LogP contribution is -2.28. The molecular weight excluding hydrogens is 126 g/mol. The first kappa shape index (κ1) is 7.58. The van der Waals surface area contributed by atoms with Crippen LogP contribution in [0.1, 0.15) is 26.7 Å². The average molecular weight is 140 g/mol. The quantitative estimate of drug-likeness (QED) is 0.539. The van der Waals surface area contributed by atoms with Gasteiger partial charge in [-0.15, -0.1) is 0 Å². The molecular formula is C8H14NO. The normalized spacial score (nSPS) is 18.5. The van der Waals surface area contributed by atoms with Crippen molar-refractivity contribution in [3.8, 4) is 0 Å². The lowest BCUT2D eigenvalue weighted by molar-refractivity contribution is -0.132. The molecule has 1 saturated heterocycles. The summed E-state index contributed by atoms with van der Waals surface area (Å²) in [6.45, 7) is 6.81. The Morgan fingerprint density at radius 1 is 1.60 bits per heavy atom. The van der Waals surface area contributed by atoms with Crippen LogP contribution in [0.2, 0.25) is 0 Å². The number of rotatable bonds is 1. The molecule has 0 aliphatic carbocycles. The number of nitrogens with zero attached hydrogens (tertiary/aromatic N) is 1. The topological polar surface area (TPSA) is 20.3 Å². The van der Waals surface area contributed by atoms with E-state index in [9.17, 15) is 4.79 Å². The first-order valence-corrected chi connectivity index (χ1v) is 3.85. The molecule has 1 aliphatic heterocycles. The summed E-state index contributed by atoms with van der Waals surface area (Å²) in [5, 5.41) is 0. The fourth-order valence-corrected chi connectivity index (χ4v) is 1.13. The summed E-state index contributed by atoms with van der Waals surface area (Å²) in [5.74, 6) is 0.409. The second-order valence-corrected chi connectivity index (χ2v) is 3.01. The molecule has 1 heterocycles. The minimum Gasteiger partial charge on any atom is -0.337 e. The van der Waals surface area contributed by atoms with Crippen LogP contribution in [0.3, 0.4) is 0 Å². The van der Waals surface area contributed by atoms with Crippen molar-refractivity contribution in [2.24, 2.45) is 5.92 Å². The molecule has 1 fully saturated rings. The van der Waals surface area contributed by atoms with E-state index in [2.05, 4.69) is 0 Å². The van der Waals surface area contributed by atoms with Crippen LogP contribution in [0.25, 0.3) is 0 Å². The first-order chi connectivity index (χ1) is 4.72. The second-order valence-electron chi connectivity index (χ2n) is 3.01. The van der Waals surface area contributed by atoms with Gasteiger partial charge >= 0.3 is 0 Å². The molecule has 0 unspecified atom stereocenters. The highest BCUT2D eigenvalue weighted by Gasteiger charge is 2.20. The van der Waals surface area contributed by atoms with Crippen LogP contribution < -0.4 is 0 Å². The average Bonchev–Trinajstić information content (AvgIpc) is 2.36. The largest absolute Gasteiger partial charge is 0.337 e. The summed E-state index contributed by atoms with van der Waals surface area (Å²) in [6.07, 6.45) is 2.21. The standard InChI is InChI=1S/C8H14NO/c1-7(2)8(10)9-5-3-4-6-9/h5,7H,3-4,6H2,1-2H3. The minimum atomic E-state index is 0.148. The summed E-state index contributed by atoms with van der Waals surface area (Å²) < 4.78 is 0. The lowest BCUT2D eigenvalue weighted by atomic mass is 10.2. The minimum absolute atomic E-state index is 0.148. The molecule has 0 saturated carbocycles. The maximum atomic E-state index is 11.2. The Kier molecular flexibility index (Phi) is 2.30. The molecule has 2 nitrogen and oxygen atoms in total. The molecule has 1 amide bonds. The van der Waals surface area contributed by atoms with Gasteiger partial charge in [-0.25, -0.2) is 0 Å². The second kappa shape index (κ2) is 3.04. The molecule has 0 N–H and O–H groups in total. The highest BCUT2D eigenvalue weighted by Crippen LogP contribution is 2.14. The van der Waals surface area contributed by atoms with Gasteiger partial charge in [0.2, 0.25) is 5.91 Å². The van der Waals surface area contributed by atoms with Crippen molar-refractivity contribution in [1.29, 1.82) is 0 Å². The Labute approximate surface area is 62.2 Å². The molecule has 2 heteroatoms. The molecule has 0 aromatic carbocycles. The Morgan fingerprint density at radius 3 is 2.70 bits per heavy atom. The van der Waals surface area contributed by atoms with Crippen LogP contribution in [0, 0.1) is 12.5 Å². The third-order valence-corrected chi connectivity index (χ3v) is 1.73. The van der Waals surface area contributed by atoms with Crippen molar-refractivity contribution in [3.63, 3.8) is 0 Å². The molecule has 0 aromatic rings. The van der Waals surface area contributed by atoms with Crippen molar-refractivity contribution in [2.75, 3.05) is 6.54 Å². The fraction of sp³-hybridized carbons (Fsp3) is 0.750. The van der Waals surface area contributed by atoms with Crippen LogP contribution in [0.15, 0.2) is 0 Å². The maximum absolute atomic E-state index is 11.2. The molecule has 0 aromatic heterocycles. The summed E-state index contributed by atoms with van der Waals surface area (Å²) in [6, 6.07) is 0. The van der Waals surface area contributed by atoms with E-state index in [0.717, 1.165) is 19.4 Å². The van der Waals surface area contributed by atoms with Gasteiger partial charge in [-0.2, -0.15) is 0 Å². The summed E-state index contributed by atoms with van der Waals surface area (Å²) in [5.41, 5.74) is 0. The number of amides is 1. The Bertz CT molecular complexity index is 125. The molecule has 1 aliphatic rings.